The molecule has 1 aromatic carbocycles. The molecule has 0 aliphatic rings. The van der Waals surface area contributed by atoms with Crippen LogP contribution in [0.4, 0.5) is 0 Å². The van der Waals surface area contributed by atoms with Crippen LogP contribution in [0.1, 0.15) is 18.1 Å². The summed E-state index contributed by atoms with van der Waals surface area (Å²) in [6.45, 7) is 3.68. The molecule has 5 nitrogen and oxygen atoms in total. The van der Waals surface area contributed by atoms with E-state index in [1.807, 2.05) is 31.2 Å². The summed E-state index contributed by atoms with van der Waals surface area (Å²) in [6, 6.07) is 7.46. The molecule has 0 spiro atoms. The van der Waals surface area contributed by atoms with Crippen LogP contribution < -0.4 is 11.1 Å². The smallest absolute Gasteiger partial charge is 0.170 e. The van der Waals surface area contributed by atoms with Gasteiger partial charge in [-0.2, -0.15) is 0 Å². The lowest BCUT2D eigenvalue weighted by molar-refractivity contribution is 0.233. The second-order valence-corrected chi connectivity index (χ2v) is 4.10. The van der Waals surface area contributed by atoms with Crippen LogP contribution in [0.2, 0.25) is 0 Å². The third-order valence-electron chi connectivity index (χ3n) is 2.49. The minimum atomic E-state index is 0.110. The molecule has 5 N–H and O–H groups in total. The van der Waals surface area contributed by atoms with Crippen molar-refractivity contribution in [3.05, 3.63) is 35.4 Å². The van der Waals surface area contributed by atoms with Crippen LogP contribution in [-0.4, -0.2) is 29.3 Å². The largest absolute Gasteiger partial charge is 0.409 e. The van der Waals surface area contributed by atoms with Crippen molar-refractivity contribution in [3.63, 3.8) is 0 Å². The van der Waals surface area contributed by atoms with Crippen molar-refractivity contribution in [1.29, 1.82) is 0 Å². The molecule has 1 aromatic rings. The topological polar surface area (TPSA) is 90.9 Å². The van der Waals surface area contributed by atoms with E-state index in [1.165, 1.54) is 0 Å². The van der Waals surface area contributed by atoms with Crippen molar-refractivity contribution in [1.82, 2.24) is 5.32 Å². The van der Waals surface area contributed by atoms with Gasteiger partial charge in [0.05, 0.1) is 0 Å². The molecule has 0 saturated carbocycles. The lowest BCUT2D eigenvalue weighted by Gasteiger charge is -2.09. The Hall–Kier alpha value is -1.59. The molecule has 0 bridgehead atoms. The lowest BCUT2D eigenvalue weighted by atomic mass is 10.1. The highest BCUT2D eigenvalue weighted by Gasteiger charge is 2.01. The van der Waals surface area contributed by atoms with Gasteiger partial charge in [0, 0.05) is 25.3 Å². The number of benzene rings is 1. The van der Waals surface area contributed by atoms with Gasteiger partial charge >= 0.3 is 0 Å². The normalized spacial score (nSPS) is 13.6. The number of nitrogens with zero attached hydrogens (tertiary/aromatic N) is 1. The quantitative estimate of drug-likeness (QED) is 0.251. The van der Waals surface area contributed by atoms with Crippen molar-refractivity contribution >= 4 is 5.84 Å². The fourth-order valence-corrected chi connectivity index (χ4v) is 1.38. The molecule has 0 aromatic heterocycles. The van der Waals surface area contributed by atoms with Crippen molar-refractivity contribution in [2.24, 2.45) is 16.8 Å². The van der Waals surface area contributed by atoms with Crippen LogP contribution in [0, 0.1) is 5.92 Å². The predicted octanol–water partition coefficient (Wildman–Crippen LogP) is 0.499. The third-order valence-corrected chi connectivity index (χ3v) is 2.49. The Morgan fingerprint density at radius 1 is 1.41 bits per heavy atom. The number of oxime groups is 1. The van der Waals surface area contributed by atoms with Gasteiger partial charge in [0.2, 0.25) is 0 Å². The minimum Gasteiger partial charge on any atom is -0.409 e. The van der Waals surface area contributed by atoms with Crippen LogP contribution in [0.5, 0.6) is 0 Å². The van der Waals surface area contributed by atoms with Gasteiger partial charge in [-0.05, 0) is 11.5 Å². The number of aliphatic hydroxyl groups excluding tert-OH is 1. The molecule has 0 aliphatic carbocycles. The first-order valence-corrected chi connectivity index (χ1v) is 5.55. The summed E-state index contributed by atoms with van der Waals surface area (Å²) in [5.41, 5.74) is 7.27. The van der Waals surface area contributed by atoms with Crippen LogP contribution in [-0.2, 0) is 6.54 Å². The van der Waals surface area contributed by atoms with Crippen molar-refractivity contribution in [2.75, 3.05) is 13.2 Å². The zero-order chi connectivity index (χ0) is 12.7. The highest BCUT2D eigenvalue weighted by Crippen LogP contribution is 2.04. The molecular weight excluding hydrogens is 218 g/mol. The van der Waals surface area contributed by atoms with Gasteiger partial charge in [0.25, 0.3) is 0 Å². The van der Waals surface area contributed by atoms with Gasteiger partial charge in [-0.3, -0.25) is 0 Å². The maximum absolute atomic E-state index is 8.87. The molecule has 94 valence electrons. The van der Waals surface area contributed by atoms with Gasteiger partial charge in [-0.15, -0.1) is 0 Å². The van der Waals surface area contributed by atoms with E-state index in [4.69, 9.17) is 16.0 Å². The fraction of sp³-hybridized carbons (Fsp3) is 0.417. The summed E-state index contributed by atoms with van der Waals surface area (Å²) in [6.07, 6.45) is 0. The monoisotopic (exact) mass is 237 g/mol. The van der Waals surface area contributed by atoms with E-state index >= 15 is 0 Å². The Morgan fingerprint density at radius 3 is 2.59 bits per heavy atom. The highest BCUT2D eigenvalue weighted by molar-refractivity contribution is 5.96. The SMILES string of the molecule is CC(CO)CNCc1ccc(C(N)=NO)cc1. The van der Waals surface area contributed by atoms with E-state index < -0.39 is 0 Å². The number of nitrogens with one attached hydrogen (secondary N) is 1. The molecule has 0 fully saturated rings. The van der Waals surface area contributed by atoms with E-state index in [0.29, 0.717) is 5.56 Å². The first-order valence-electron chi connectivity index (χ1n) is 5.55. The predicted molar refractivity (Wildman–Crippen MR) is 66.9 cm³/mol. The maximum Gasteiger partial charge on any atom is 0.170 e. The zero-order valence-electron chi connectivity index (χ0n) is 9.93. The van der Waals surface area contributed by atoms with Crippen molar-refractivity contribution < 1.29 is 10.3 Å². The highest BCUT2D eigenvalue weighted by atomic mass is 16.4. The molecule has 17 heavy (non-hydrogen) atoms. The Morgan fingerprint density at radius 2 is 2.06 bits per heavy atom. The Kier molecular flexibility index (Phi) is 5.45. The molecule has 1 rings (SSSR count). The number of amidine groups is 1. The Bertz CT molecular complexity index is 363. The van der Waals surface area contributed by atoms with E-state index in [-0.39, 0.29) is 18.4 Å². The van der Waals surface area contributed by atoms with Crippen molar-refractivity contribution in [2.45, 2.75) is 13.5 Å². The molecule has 1 unspecified atom stereocenters. The standard InChI is InChI=1S/C12H19N3O2/c1-9(8-16)6-14-7-10-2-4-11(5-3-10)12(13)15-17/h2-5,9,14,16-17H,6-8H2,1H3,(H2,13,15). The van der Waals surface area contributed by atoms with Crippen LogP contribution in [0.15, 0.2) is 29.4 Å². The molecule has 0 amide bonds. The van der Waals surface area contributed by atoms with Crippen LogP contribution in [0.3, 0.4) is 0 Å². The molecule has 0 saturated heterocycles. The molecule has 0 radical (unpaired) electrons. The molecular formula is C12H19N3O2. The molecule has 5 heteroatoms. The van der Waals surface area contributed by atoms with Crippen LogP contribution >= 0.6 is 0 Å². The third kappa shape index (κ3) is 4.42. The van der Waals surface area contributed by atoms with Gasteiger partial charge in [0.1, 0.15) is 0 Å². The second kappa shape index (κ2) is 6.88. The summed E-state index contributed by atoms with van der Waals surface area (Å²) in [7, 11) is 0. The Balaban J connectivity index is 2.46. The summed E-state index contributed by atoms with van der Waals surface area (Å²) in [5.74, 6) is 0.366. The average molecular weight is 237 g/mol. The number of nitrogens with two attached hydrogens (primary N) is 1. The van der Waals surface area contributed by atoms with Gasteiger partial charge < -0.3 is 21.4 Å². The van der Waals surface area contributed by atoms with E-state index in [9.17, 15) is 0 Å². The fourth-order valence-electron chi connectivity index (χ4n) is 1.38. The van der Waals surface area contributed by atoms with Gasteiger partial charge in [-0.1, -0.05) is 36.3 Å². The minimum absolute atomic E-state index is 0.110. The van der Waals surface area contributed by atoms with E-state index in [1.54, 1.807) is 0 Å². The number of hydrogen-bond donors (Lipinski definition) is 4. The second-order valence-electron chi connectivity index (χ2n) is 4.10. The Labute approximate surface area is 101 Å². The lowest BCUT2D eigenvalue weighted by Crippen LogP contribution is -2.22. The van der Waals surface area contributed by atoms with Gasteiger partial charge in [0.15, 0.2) is 5.84 Å². The maximum atomic E-state index is 8.87. The van der Waals surface area contributed by atoms with Crippen LogP contribution in [0.25, 0.3) is 0 Å². The van der Waals surface area contributed by atoms with E-state index in [0.717, 1.165) is 18.7 Å². The molecule has 0 aliphatic heterocycles. The molecule has 1 atom stereocenters. The first kappa shape index (κ1) is 13.5. The zero-order valence-corrected chi connectivity index (χ0v) is 9.93. The van der Waals surface area contributed by atoms with Crippen molar-refractivity contribution in [3.8, 4) is 0 Å². The summed E-state index contributed by atoms with van der Waals surface area (Å²) in [4.78, 5) is 0. The molecule has 0 heterocycles. The number of rotatable bonds is 6. The average Bonchev–Trinajstić information content (AvgIpc) is 2.38. The van der Waals surface area contributed by atoms with E-state index in [2.05, 4.69) is 10.5 Å². The number of aliphatic hydroxyl groups is 1. The summed E-state index contributed by atoms with van der Waals surface area (Å²) < 4.78 is 0. The summed E-state index contributed by atoms with van der Waals surface area (Å²) >= 11 is 0. The van der Waals surface area contributed by atoms with Gasteiger partial charge in [-0.25, -0.2) is 0 Å². The summed E-state index contributed by atoms with van der Waals surface area (Å²) in [5, 5.41) is 23.6. The first-order chi connectivity index (χ1) is 8.17. The number of hydrogen-bond acceptors (Lipinski definition) is 4.